The Morgan fingerprint density at radius 2 is 1.94 bits per heavy atom. The van der Waals surface area contributed by atoms with Crippen LogP contribution in [0.25, 0.3) is 0 Å². The molecule has 2 atom stereocenters. The van der Waals surface area contributed by atoms with Crippen molar-refractivity contribution in [3.05, 3.63) is 57.7 Å². The number of pyridine rings is 1. The molecule has 1 N–H and O–H groups in total. The van der Waals surface area contributed by atoms with Gasteiger partial charge < -0.3 is 9.64 Å². The van der Waals surface area contributed by atoms with Crippen LogP contribution in [0.4, 0.5) is 8.78 Å². The summed E-state index contributed by atoms with van der Waals surface area (Å²) < 4.78 is 64.2. The second-order valence-corrected chi connectivity index (χ2v) is 10.9. The van der Waals surface area contributed by atoms with Crippen LogP contribution >= 0.6 is 15.9 Å². The standard InChI is InChI=1S/C22H26BrF2N3O5S/c1-14-11-28(15(2)10-27(14)12-16-3-4-19(24)20(25)7-16)21(29)13-33-22-17(5-6-34(30,31)32)8-18(23)9-26-22/h3-4,7-9,14-15H,5-6,10-13H2,1-2H3,(H,30,31,32)/t14-,15+/m0/s1. The number of piperazine rings is 1. The second kappa shape index (κ2) is 11.1. The van der Waals surface area contributed by atoms with E-state index in [4.69, 9.17) is 9.29 Å². The van der Waals surface area contributed by atoms with Crippen LogP contribution in [0.2, 0.25) is 0 Å². The van der Waals surface area contributed by atoms with E-state index in [0.29, 0.717) is 35.2 Å². The Labute approximate surface area is 205 Å². The fourth-order valence-corrected chi connectivity index (χ4v) is 4.72. The number of benzene rings is 1. The molecule has 0 bridgehead atoms. The fraction of sp³-hybridized carbons (Fsp3) is 0.455. The molecule has 1 aromatic heterocycles. The summed E-state index contributed by atoms with van der Waals surface area (Å²) in [5.74, 6) is -2.40. The molecule has 2 aromatic rings. The van der Waals surface area contributed by atoms with Gasteiger partial charge in [0.15, 0.2) is 18.2 Å². The van der Waals surface area contributed by atoms with Crippen LogP contribution < -0.4 is 4.74 Å². The summed E-state index contributed by atoms with van der Waals surface area (Å²) in [6.07, 6.45) is 1.45. The summed E-state index contributed by atoms with van der Waals surface area (Å²) in [6.45, 7) is 4.97. The van der Waals surface area contributed by atoms with Crippen molar-refractivity contribution in [2.45, 2.75) is 38.9 Å². The molecule has 34 heavy (non-hydrogen) atoms. The van der Waals surface area contributed by atoms with Gasteiger partial charge in [-0.2, -0.15) is 8.42 Å². The van der Waals surface area contributed by atoms with Crippen molar-refractivity contribution in [3.8, 4) is 5.88 Å². The third-order valence-electron chi connectivity index (χ3n) is 5.66. The van der Waals surface area contributed by atoms with Crippen LogP contribution in [0.3, 0.4) is 0 Å². The number of amides is 1. The van der Waals surface area contributed by atoms with E-state index < -0.39 is 27.5 Å². The number of nitrogens with zero attached hydrogens (tertiary/aromatic N) is 3. The molecular formula is C22H26BrF2N3O5S. The van der Waals surface area contributed by atoms with Crippen molar-refractivity contribution in [2.75, 3.05) is 25.4 Å². The van der Waals surface area contributed by atoms with Gasteiger partial charge in [0, 0.05) is 48.0 Å². The van der Waals surface area contributed by atoms with Gasteiger partial charge >= 0.3 is 0 Å². The zero-order valence-electron chi connectivity index (χ0n) is 18.7. The summed E-state index contributed by atoms with van der Waals surface area (Å²) in [4.78, 5) is 20.8. The first kappa shape index (κ1) is 26.5. The quantitative estimate of drug-likeness (QED) is 0.494. The number of rotatable bonds is 8. The van der Waals surface area contributed by atoms with Crippen molar-refractivity contribution in [1.82, 2.24) is 14.8 Å². The van der Waals surface area contributed by atoms with Crippen molar-refractivity contribution in [2.24, 2.45) is 0 Å². The third kappa shape index (κ3) is 7.17. The summed E-state index contributed by atoms with van der Waals surface area (Å²) >= 11 is 3.26. The molecule has 12 heteroatoms. The Morgan fingerprint density at radius 1 is 1.21 bits per heavy atom. The SMILES string of the molecule is C[C@@H]1CN(Cc2ccc(F)c(F)c2)[C@@H](C)CN1C(=O)COc1ncc(Br)cc1CCS(=O)(=O)O. The first-order valence-corrected chi connectivity index (χ1v) is 13.0. The molecular weight excluding hydrogens is 536 g/mol. The van der Waals surface area contributed by atoms with E-state index in [1.165, 1.54) is 12.3 Å². The van der Waals surface area contributed by atoms with E-state index >= 15 is 0 Å². The van der Waals surface area contributed by atoms with E-state index in [2.05, 4.69) is 25.8 Å². The minimum Gasteiger partial charge on any atom is -0.467 e. The molecule has 1 aliphatic rings. The van der Waals surface area contributed by atoms with Crippen LogP contribution in [0.5, 0.6) is 5.88 Å². The molecule has 1 saturated heterocycles. The number of hydrogen-bond acceptors (Lipinski definition) is 6. The van der Waals surface area contributed by atoms with E-state index in [-0.39, 0.29) is 36.9 Å². The van der Waals surface area contributed by atoms with Gasteiger partial charge in [-0.25, -0.2) is 13.8 Å². The molecule has 0 radical (unpaired) electrons. The maximum Gasteiger partial charge on any atom is 0.265 e. The average molecular weight is 562 g/mol. The molecule has 0 spiro atoms. The van der Waals surface area contributed by atoms with Gasteiger partial charge in [0.1, 0.15) is 0 Å². The Bertz CT molecular complexity index is 1150. The predicted molar refractivity (Wildman–Crippen MR) is 125 cm³/mol. The largest absolute Gasteiger partial charge is 0.467 e. The fourth-order valence-electron chi connectivity index (χ4n) is 3.87. The van der Waals surface area contributed by atoms with Crippen molar-refractivity contribution < 1.29 is 31.3 Å². The van der Waals surface area contributed by atoms with E-state index in [9.17, 15) is 22.0 Å². The van der Waals surface area contributed by atoms with Crippen LogP contribution in [-0.4, -0.2) is 71.2 Å². The molecule has 1 fully saturated rings. The first-order chi connectivity index (χ1) is 15.9. The topological polar surface area (TPSA) is 100 Å². The zero-order chi connectivity index (χ0) is 25.0. The van der Waals surface area contributed by atoms with Crippen molar-refractivity contribution in [3.63, 3.8) is 0 Å². The lowest BCUT2D eigenvalue weighted by molar-refractivity contribution is -0.139. The number of carbonyl (C=O) groups is 1. The lowest BCUT2D eigenvalue weighted by Crippen LogP contribution is -2.58. The Morgan fingerprint density at radius 3 is 2.62 bits per heavy atom. The Kier molecular flexibility index (Phi) is 8.61. The molecule has 0 aliphatic carbocycles. The predicted octanol–water partition coefficient (Wildman–Crippen LogP) is 3.05. The summed E-state index contributed by atoms with van der Waals surface area (Å²) in [6, 6.07) is 5.30. The molecule has 1 aliphatic heterocycles. The lowest BCUT2D eigenvalue weighted by Gasteiger charge is -2.44. The minimum absolute atomic E-state index is 0.0229. The average Bonchev–Trinajstić information content (AvgIpc) is 2.75. The van der Waals surface area contributed by atoms with Gasteiger partial charge in [0.2, 0.25) is 5.88 Å². The summed E-state index contributed by atoms with van der Waals surface area (Å²) in [5.41, 5.74) is 1.09. The first-order valence-electron chi connectivity index (χ1n) is 10.6. The number of halogens is 3. The second-order valence-electron chi connectivity index (χ2n) is 8.36. The molecule has 0 unspecified atom stereocenters. The van der Waals surface area contributed by atoms with Gasteiger partial charge in [-0.3, -0.25) is 14.2 Å². The maximum absolute atomic E-state index is 13.5. The van der Waals surface area contributed by atoms with Gasteiger partial charge in [-0.1, -0.05) is 6.07 Å². The van der Waals surface area contributed by atoms with Gasteiger partial charge in [0.05, 0.1) is 5.75 Å². The molecule has 8 nitrogen and oxygen atoms in total. The summed E-state index contributed by atoms with van der Waals surface area (Å²) in [5, 5.41) is 0. The van der Waals surface area contributed by atoms with Crippen molar-refractivity contribution >= 4 is 32.0 Å². The van der Waals surface area contributed by atoms with Crippen LogP contribution in [0.1, 0.15) is 25.0 Å². The monoisotopic (exact) mass is 561 g/mol. The summed E-state index contributed by atoms with van der Waals surface area (Å²) in [7, 11) is -4.16. The number of ether oxygens (including phenoxy) is 1. The third-order valence-corrected chi connectivity index (χ3v) is 6.81. The minimum atomic E-state index is -4.16. The molecule has 3 rings (SSSR count). The van der Waals surface area contributed by atoms with E-state index in [1.807, 2.05) is 13.8 Å². The van der Waals surface area contributed by atoms with Crippen LogP contribution in [0.15, 0.2) is 34.9 Å². The van der Waals surface area contributed by atoms with E-state index in [0.717, 1.165) is 6.07 Å². The molecule has 0 saturated carbocycles. The highest BCUT2D eigenvalue weighted by molar-refractivity contribution is 9.10. The van der Waals surface area contributed by atoms with Crippen molar-refractivity contribution in [1.29, 1.82) is 0 Å². The van der Waals surface area contributed by atoms with Crippen LogP contribution in [0, 0.1) is 11.6 Å². The van der Waals surface area contributed by atoms with E-state index in [1.54, 1.807) is 17.0 Å². The highest BCUT2D eigenvalue weighted by atomic mass is 79.9. The maximum atomic E-state index is 13.5. The highest BCUT2D eigenvalue weighted by Crippen LogP contribution is 2.23. The Hall–Kier alpha value is -2.15. The molecule has 1 amide bonds. The van der Waals surface area contributed by atoms with Gasteiger partial charge in [-0.15, -0.1) is 0 Å². The smallest absolute Gasteiger partial charge is 0.265 e. The number of aryl methyl sites for hydroxylation is 1. The normalized spacial score (nSPS) is 19.3. The molecule has 186 valence electrons. The Balaban J connectivity index is 1.60. The number of carbonyl (C=O) groups excluding carboxylic acids is 1. The van der Waals surface area contributed by atoms with Gasteiger partial charge in [0.25, 0.3) is 16.0 Å². The van der Waals surface area contributed by atoms with Gasteiger partial charge in [-0.05, 0) is 60.0 Å². The number of hydrogen-bond donors (Lipinski definition) is 1. The van der Waals surface area contributed by atoms with Crippen LogP contribution in [-0.2, 0) is 27.9 Å². The zero-order valence-corrected chi connectivity index (χ0v) is 21.2. The lowest BCUT2D eigenvalue weighted by atomic mass is 10.1. The molecule has 1 aromatic carbocycles. The molecule has 2 heterocycles. The highest BCUT2D eigenvalue weighted by Gasteiger charge is 2.32. The number of aromatic nitrogens is 1.